The van der Waals surface area contributed by atoms with Crippen LogP contribution in [0.25, 0.3) is 0 Å². The van der Waals surface area contributed by atoms with Crippen LogP contribution in [0.2, 0.25) is 0 Å². The van der Waals surface area contributed by atoms with E-state index in [1.165, 1.54) is 24.8 Å². The normalized spacial score (nSPS) is 19.4. The lowest BCUT2D eigenvalue weighted by Crippen LogP contribution is -2.33. The molecule has 2 aliphatic rings. The van der Waals surface area contributed by atoms with E-state index in [-0.39, 0.29) is 16.8 Å². The van der Waals surface area contributed by atoms with Crippen LogP contribution in [0.3, 0.4) is 0 Å². The van der Waals surface area contributed by atoms with Crippen LogP contribution in [0.1, 0.15) is 66.1 Å². The lowest BCUT2D eigenvalue weighted by molar-refractivity contribution is 0.0758. The van der Waals surface area contributed by atoms with E-state index >= 15 is 0 Å². The molecule has 1 N–H and O–H groups in total. The van der Waals surface area contributed by atoms with Crippen LogP contribution in [0.5, 0.6) is 5.75 Å². The van der Waals surface area contributed by atoms with Crippen LogP contribution >= 0.6 is 0 Å². The highest BCUT2D eigenvalue weighted by atomic mass is 32.2. The number of nitrogens with zero attached hydrogens (tertiary/aromatic N) is 1. The molecular formula is C24H30N2O4S. The predicted molar refractivity (Wildman–Crippen MR) is 120 cm³/mol. The zero-order valence-electron chi connectivity index (χ0n) is 18.0. The van der Waals surface area contributed by atoms with Gasteiger partial charge < -0.3 is 9.64 Å². The molecule has 0 saturated carbocycles. The molecule has 1 aliphatic heterocycles. The molecule has 4 rings (SSSR count). The molecule has 0 spiro atoms. The monoisotopic (exact) mass is 442 g/mol. The number of fused-ring (bicyclic) bond motifs is 1. The largest absolute Gasteiger partial charge is 0.496 e. The average Bonchev–Trinajstić information content (AvgIpc) is 3.08. The molecule has 31 heavy (non-hydrogen) atoms. The highest BCUT2D eigenvalue weighted by Crippen LogP contribution is 2.32. The molecule has 0 radical (unpaired) electrons. The number of benzene rings is 2. The van der Waals surface area contributed by atoms with Crippen molar-refractivity contribution in [3.05, 3.63) is 59.2 Å². The molecule has 0 aromatic heterocycles. The van der Waals surface area contributed by atoms with Crippen LogP contribution in [0.4, 0.5) is 0 Å². The van der Waals surface area contributed by atoms with Crippen molar-refractivity contribution in [2.24, 2.45) is 0 Å². The van der Waals surface area contributed by atoms with E-state index in [1.54, 1.807) is 6.07 Å². The molecule has 1 amide bonds. The Morgan fingerprint density at radius 2 is 1.77 bits per heavy atom. The number of rotatable bonds is 5. The Morgan fingerprint density at radius 1 is 1.03 bits per heavy atom. The van der Waals surface area contributed by atoms with Crippen LogP contribution in [-0.4, -0.2) is 39.4 Å². The van der Waals surface area contributed by atoms with Gasteiger partial charge in [0.15, 0.2) is 0 Å². The van der Waals surface area contributed by atoms with Crippen LogP contribution in [0, 0.1) is 0 Å². The van der Waals surface area contributed by atoms with E-state index in [1.807, 2.05) is 23.1 Å². The van der Waals surface area contributed by atoms with Crippen molar-refractivity contribution < 1.29 is 17.9 Å². The number of carbonyl (C=O) groups excluding carboxylic acids is 1. The van der Waals surface area contributed by atoms with Gasteiger partial charge in [-0.2, -0.15) is 0 Å². The second kappa shape index (κ2) is 9.40. The first-order chi connectivity index (χ1) is 15.0. The summed E-state index contributed by atoms with van der Waals surface area (Å²) in [5, 5.41) is 0. The molecule has 1 fully saturated rings. The number of amides is 1. The maximum absolute atomic E-state index is 13.2. The summed E-state index contributed by atoms with van der Waals surface area (Å²) in [4.78, 5) is 15.1. The molecule has 1 atom stereocenters. The second-order valence-electron chi connectivity index (χ2n) is 8.33. The Balaban J connectivity index is 1.62. The number of hydrogen-bond donors (Lipinski definition) is 1. The molecule has 1 heterocycles. The van der Waals surface area contributed by atoms with Gasteiger partial charge in [-0.05, 0) is 61.4 Å². The summed E-state index contributed by atoms with van der Waals surface area (Å²) in [5.74, 6) is 0.232. The molecule has 1 aliphatic carbocycles. The Morgan fingerprint density at radius 3 is 2.52 bits per heavy atom. The summed E-state index contributed by atoms with van der Waals surface area (Å²) in [6.07, 6.45) is 6.82. The van der Waals surface area contributed by atoms with Gasteiger partial charge in [-0.3, -0.25) is 4.79 Å². The molecule has 2 aromatic rings. The van der Waals surface area contributed by atoms with Crippen molar-refractivity contribution in [3.8, 4) is 5.75 Å². The third kappa shape index (κ3) is 4.77. The smallest absolute Gasteiger partial charge is 0.257 e. The average molecular weight is 443 g/mol. The first-order valence-electron chi connectivity index (χ1n) is 11.1. The van der Waals surface area contributed by atoms with Crippen molar-refractivity contribution in [1.82, 2.24) is 9.62 Å². The van der Waals surface area contributed by atoms with Crippen molar-refractivity contribution in [2.75, 3.05) is 20.2 Å². The van der Waals surface area contributed by atoms with Gasteiger partial charge in [-0.1, -0.05) is 37.1 Å². The maximum Gasteiger partial charge on any atom is 0.257 e. The van der Waals surface area contributed by atoms with Gasteiger partial charge in [0.1, 0.15) is 5.75 Å². The van der Waals surface area contributed by atoms with Gasteiger partial charge in [0.05, 0.1) is 17.6 Å². The Bertz CT molecular complexity index is 1040. The molecule has 166 valence electrons. The number of methoxy groups -OCH3 is 1. The minimum Gasteiger partial charge on any atom is -0.496 e. The van der Waals surface area contributed by atoms with E-state index in [9.17, 15) is 13.2 Å². The number of hydrogen-bond acceptors (Lipinski definition) is 4. The highest BCUT2D eigenvalue weighted by Gasteiger charge is 2.28. The SMILES string of the molecule is COc1ccc(S(=O)(=O)N[C@H]2CCCc3ccccc32)cc1C(=O)N1CCCCCC1. The van der Waals surface area contributed by atoms with Crippen LogP contribution in [0.15, 0.2) is 47.4 Å². The Hall–Kier alpha value is -2.38. The summed E-state index contributed by atoms with van der Waals surface area (Å²) in [6.45, 7) is 1.38. The van der Waals surface area contributed by atoms with Gasteiger partial charge in [0, 0.05) is 19.1 Å². The topological polar surface area (TPSA) is 75.7 Å². The molecule has 0 unspecified atom stereocenters. The van der Waals surface area contributed by atoms with Gasteiger partial charge >= 0.3 is 0 Å². The summed E-state index contributed by atoms with van der Waals surface area (Å²) in [5.41, 5.74) is 2.52. The lowest BCUT2D eigenvalue weighted by atomic mass is 9.88. The number of sulfonamides is 1. The third-order valence-electron chi connectivity index (χ3n) is 6.27. The number of likely N-dealkylation sites (tertiary alicyclic amines) is 1. The fourth-order valence-electron chi connectivity index (χ4n) is 4.60. The summed E-state index contributed by atoms with van der Waals surface area (Å²) in [7, 11) is -2.30. The minimum absolute atomic E-state index is 0.0922. The van der Waals surface area contributed by atoms with Gasteiger partial charge in [-0.25, -0.2) is 13.1 Å². The highest BCUT2D eigenvalue weighted by molar-refractivity contribution is 7.89. The van der Waals surface area contributed by atoms with Crippen molar-refractivity contribution in [3.63, 3.8) is 0 Å². The third-order valence-corrected chi connectivity index (χ3v) is 7.74. The first kappa shape index (κ1) is 21.8. The Kier molecular flexibility index (Phi) is 6.62. The van der Waals surface area contributed by atoms with Gasteiger partial charge in [-0.15, -0.1) is 0 Å². The van der Waals surface area contributed by atoms with Gasteiger partial charge in [0.2, 0.25) is 10.0 Å². The number of ether oxygens (including phenoxy) is 1. The van der Waals surface area contributed by atoms with Crippen molar-refractivity contribution in [1.29, 1.82) is 0 Å². The van der Waals surface area contributed by atoms with E-state index in [4.69, 9.17) is 4.74 Å². The van der Waals surface area contributed by atoms with E-state index in [2.05, 4.69) is 10.8 Å². The zero-order chi connectivity index (χ0) is 21.8. The number of nitrogens with one attached hydrogen (secondary N) is 1. The quantitative estimate of drug-likeness (QED) is 0.757. The number of aryl methyl sites for hydroxylation is 1. The van der Waals surface area contributed by atoms with Crippen LogP contribution < -0.4 is 9.46 Å². The standard InChI is InChI=1S/C24H30N2O4S/c1-30-23-14-13-19(17-21(23)24(27)26-15-6-2-3-7-16-26)31(28,29)25-22-12-8-10-18-9-4-5-11-20(18)22/h4-5,9,11,13-14,17,22,25H,2-3,6-8,10,12,15-16H2,1H3/t22-/m0/s1. The summed E-state index contributed by atoms with van der Waals surface area (Å²) >= 11 is 0. The molecule has 1 saturated heterocycles. The Labute approximate surface area is 184 Å². The molecule has 7 heteroatoms. The fraction of sp³-hybridized carbons (Fsp3) is 0.458. The second-order valence-corrected chi connectivity index (χ2v) is 10.0. The van der Waals surface area contributed by atoms with Crippen molar-refractivity contribution >= 4 is 15.9 Å². The maximum atomic E-state index is 13.2. The molecule has 6 nitrogen and oxygen atoms in total. The van der Waals surface area contributed by atoms with Crippen molar-refractivity contribution in [2.45, 2.75) is 55.9 Å². The van der Waals surface area contributed by atoms with E-state index < -0.39 is 10.0 Å². The van der Waals surface area contributed by atoms with Gasteiger partial charge in [0.25, 0.3) is 5.91 Å². The summed E-state index contributed by atoms with van der Waals surface area (Å²) < 4.78 is 34.7. The fourth-order valence-corrected chi connectivity index (χ4v) is 5.87. The lowest BCUT2D eigenvalue weighted by Gasteiger charge is -2.26. The molecule has 2 aromatic carbocycles. The van der Waals surface area contributed by atoms with E-state index in [0.717, 1.165) is 50.5 Å². The van der Waals surface area contributed by atoms with E-state index in [0.29, 0.717) is 24.4 Å². The van der Waals surface area contributed by atoms with Crippen LogP contribution in [-0.2, 0) is 16.4 Å². The first-order valence-corrected chi connectivity index (χ1v) is 12.6. The zero-order valence-corrected chi connectivity index (χ0v) is 18.8. The number of carbonyl (C=O) groups is 1. The summed E-state index contributed by atoms with van der Waals surface area (Å²) in [6, 6.07) is 12.3. The molecule has 0 bridgehead atoms. The predicted octanol–water partition coefficient (Wildman–Crippen LogP) is 4.07. The minimum atomic E-state index is -3.80. The molecular weight excluding hydrogens is 412 g/mol.